The molecule has 0 radical (unpaired) electrons. The SMILES string of the molecule is CCC(C)CC(C)(CNCCOC)C(C)C. The van der Waals surface area contributed by atoms with E-state index in [2.05, 4.69) is 39.9 Å². The second kappa shape index (κ2) is 8.08. The first-order valence-electron chi connectivity index (χ1n) is 6.66. The first-order chi connectivity index (χ1) is 7.46. The molecule has 0 saturated heterocycles. The van der Waals surface area contributed by atoms with E-state index < -0.39 is 0 Å². The maximum Gasteiger partial charge on any atom is 0.0587 e. The van der Waals surface area contributed by atoms with Gasteiger partial charge in [-0.1, -0.05) is 41.0 Å². The van der Waals surface area contributed by atoms with E-state index in [0.717, 1.165) is 31.5 Å². The van der Waals surface area contributed by atoms with Gasteiger partial charge in [0.15, 0.2) is 0 Å². The van der Waals surface area contributed by atoms with E-state index in [1.165, 1.54) is 12.8 Å². The molecule has 0 aliphatic carbocycles. The van der Waals surface area contributed by atoms with Gasteiger partial charge in [-0.3, -0.25) is 0 Å². The Kier molecular flexibility index (Phi) is 8.04. The molecule has 0 aliphatic rings. The van der Waals surface area contributed by atoms with Crippen molar-refractivity contribution in [2.45, 2.75) is 47.5 Å². The zero-order chi connectivity index (χ0) is 12.6. The Balaban J connectivity index is 4.12. The third kappa shape index (κ3) is 5.86. The van der Waals surface area contributed by atoms with Gasteiger partial charge in [0.25, 0.3) is 0 Å². The predicted octanol–water partition coefficient (Wildman–Crippen LogP) is 3.32. The number of ether oxygens (including phenoxy) is 1. The largest absolute Gasteiger partial charge is 0.383 e. The number of methoxy groups -OCH3 is 1. The topological polar surface area (TPSA) is 21.3 Å². The summed E-state index contributed by atoms with van der Waals surface area (Å²) in [5.41, 5.74) is 0.406. The van der Waals surface area contributed by atoms with Crippen LogP contribution in [0.3, 0.4) is 0 Å². The Hall–Kier alpha value is -0.0800. The molecule has 2 atom stereocenters. The van der Waals surface area contributed by atoms with Crippen molar-refractivity contribution in [2.24, 2.45) is 17.3 Å². The Morgan fingerprint density at radius 3 is 2.31 bits per heavy atom. The molecule has 0 amide bonds. The molecule has 2 nitrogen and oxygen atoms in total. The molecule has 0 aromatic carbocycles. The Bertz CT molecular complexity index is 170. The molecule has 0 saturated carbocycles. The average molecular weight is 229 g/mol. The number of rotatable bonds is 9. The summed E-state index contributed by atoms with van der Waals surface area (Å²) >= 11 is 0. The van der Waals surface area contributed by atoms with E-state index in [4.69, 9.17) is 4.74 Å². The van der Waals surface area contributed by atoms with Gasteiger partial charge < -0.3 is 10.1 Å². The fourth-order valence-corrected chi connectivity index (χ4v) is 2.00. The van der Waals surface area contributed by atoms with E-state index in [1.807, 2.05) is 0 Å². The predicted molar refractivity (Wildman–Crippen MR) is 71.8 cm³/mol. The quantitative estimate of drug-likeness (QED) is 0.612. The first-order valence-corrected chi connectivity index (χ1v) is 6.66. The highest BCUT2D eigenvalue weighted by Gasteiger charge is 2.29. The van der Waals surface area contributed by atoms with Crippen LogP contribution in [0, 0.1) is 17.3 Å². The molecule has 0 aromatic heterocycles. The minimum Gasteiger partial charge on any atom is -0.383 e. The third-order valence-electron chi connectivity index (χ3n) is 3.92. The summed E-state index contributed by atoms with van der Waals surface area (Å²) in [7, 11) is 1.75. The highest BCUT2D eigenvalue weighted by Crippen LogP contribution is 2.34. The summed E-state index contributed by atoms with van der Waals surface area (Å²) in [4.78, 5) is 0. The highest BCUT2D eigenvalue weighted by molar-refractivity contribution is 4.81. The molecule has 0 rings (SSSR count). The second-order valence-corrected chi connectivity index (χ2v) is 5.70. The van der Waals surface area contributed by atoms with Gasteiger partial charge in [0.1, 0.15) is 0 Å². The number of hydrogen-bond acceptors (Lipinski definition) is 2. The van der Waals surface area contributed by atoms with Crippen LogP contribution in [-0.4, -0.2) is 26.8 Å². The summed E-state index contributed by atoms with van der Waals surface area (Å²) in [5.74, 6) is 1.54. The molecule has 2 heteroatoms. The summed E-state index contributed by atoms with van der Waals surface area (Å²) in [6.45, 7) is 14.6. The fraction of sp³-hybridized carbons (Fsp3) is 1.00. The van der Waals surface area contributed by atoms with E-state index in [-0.39, 0.29) is 0 Å². The van der Waals surface area contributed by atoms with E-state index in [1.54, 1.807) is 7.11 Å². The molecule has 0 fully saturated rings. The van der Waals surface area contributed by atoms with Crippen LogP contribution in [0.15, 0.2) is 0 Å². The lowest BCUT2D eigenvalue weighted by molar-refractivity contribution is 0.148. The van der Waals surface area contributed by atoms with Gasteiger partial charge in [-0.25, -0.2) is 0 Å². The summed E-state index contributed by atoms with van der Waals surface area (Å²) in [5, 5.41) is 3.51. The maximum atomic E-state index is 5.06. The first kappa shape index (κ1) is 15.9. The molecule has 2 unspecified atom stereocenters. The van der Waals surface area contributed by atoms with E-state index in [9.17, 15) is 0 Å². The molecule has 0 aromatic rings. The van der Waals surface area contributed by atoms with E-state index >= 15 is 0 Å². The lowest BCUT2D eigenvalue weighted by Gasteiger charge is -2.36. The van der Waals surface area contributed by atoms with Gasteiger partial charge >= 0.3 is 0 Å². The minimum absolute atomic E-state index is 0.406. The zero-order valence-corrected chi connectivity index (χ0v) is 12.1. The fourth-order valence-electron chi connectivity index (χ4n) is 2.00. The lowest BCUT2D eigenvalue weighted by Crippen LogP contribution is -2.38. The molecule has 16 heavy (non-hydrogen) atoms. The Morgan fingerprint density at radius 2 is 1.88 bits per heavy atom. The van der Waals surface area contributed by atoms with Gasteiger partial charge in [-0.15, -0.1) is 0 Å². The molecule has 0 aliphatic heterocycles. The normalized spacial score (nSPS) is 17.4. The van der Waals surface area contributed by atoms with Crippen LogP contribution < -0.4 is 5.32 Å². The summed E-state index contributed by atoms with van der Waals surface area (Å²) in [6, 6.07) is 0. The number of nitrogens with one attached hydrogen (secondary N) is 1. The molecular formula is C14H31NO. The van der Waals surface area contributed by atoms with Crippen molar-refractivity contribution < 1.29 is 4.74 Å². The van der Waals surface area contributed by atoms with Gasteiger partial charge in [-0.2, -0.15) is 0 Å². The van der Waals surface area contributed by atoms with Crippen LogP contribution in [0.1, 0.15) is 47.5 Å². The van der Waals surface area contributed by atoms with Crippen LogP contribution in [0.25, 0.3) is 0 Å². The number of hydrogen-bond donors (Lipinski definition) is 1. The molecule has 0 heterocycles. The van der Waals surface area contributed by atoms with Crippen molar-refractivity contribution in [3.05, 3.63) is 0 Å². The second-order valence-electron chi connectivity index (χ2n) is 5.70. The van der Waals surface area contributed by atoms with Crippen LogP contribution in [-0.2, 0) is 4.74 Å². The standard InChI is InChI=1S/C14H31NO/c1-7-13(4)10-14(5,12(2)3)11-15-8-9-16-6/h12-13,15H,7-11H2,1-6H3. The Morgan fingerprint density at radius 1 is 1.25 bits per heavy atom. The zero-order valence-electron chi connectivity index (χ0n) is 12.1. The molecule has 1 N–H and O–H groups in total. The van der Waals surface area contributed by atoms with Crippen molar-refractivity contribution in [1.29, 1.82) is 0 Å². The molecular weight excluding hydrogens is 198 g/mol. The van der Waals surface area contributed by atoms with Crippen molar-refractivity contribution in [3.8, 4) is 0 Å². The van der Waals surface area contributed by atoms with Crippen LogP contribution in [0.5, 0.6) is 0 Å². The molecule has 0 spiro atoms. The third-order valence-corrected chi connectivity index (χ3v) is 3.92. The Labute approximate surface area is 102 Å². The van der Waals surface area contributed by atoms with Crippen LogP contribution in [0.4, 0.5) is 0 Å². The lowest BCUT2D eigenvalue weighted by atomic mass is 9.72. The maximum absolute atomic E-state index is 5.06. The van der Waals surface area contributed by atoms with E-state index in [0.29, 0.717) is 5.41 Å². The van der Waals surface area contributed by atoms with Crippen LogP contribution in [0.2, 0.25) is 0 Å². The minimum atomic E-state index is 0.406. The smallest absolute Gasteiger partial charge is 0.0587 e. The summed E-state index contributed by atoms with van der Waals surface area (Å²) in [6.07, 6.45) is 2.58. The average Bonchev–Trinajstić information content (AvgIpc) is 2.24. The van der Waals surface area contributed by atoms with Gasteiger partial charge in [0.05, 0.1) is 6.61 Å². The molecule has 0 bridgehead atoms. The van der Waals surface area contributed by atoms with Gasteiger partial charge in [0.2, 0.25) is 0 Å². The van der Waals surface area contributed by atoms with Crippen molar-refractivity contribution >= 4 is 0 Å². The van der Waals surface area contributed by atoms with Crippen molar-refractivity contribution in [3.63, 3.8) is 0 Å². The van der Waals surface area contributed by atoms with Gasteiger partial charge in [0, 0.05) is 20.2 Å². The van der Waals surface area contributed by atoms with Crippen molar-refractivity contribution in [1.82, 2.24) is 5.32 Å². The van der Waals surface area contributed by atoms with Crippen molar-refractivity contribution in [2.75, 3.05) is 26.8 Å². The van der Waals surface area contributed by atoms with Gasteiger partial charge in [-0.05, 0) is 23.7 Å². The highest BCUT2D eigenvalue weighted by atomic mass is 16.5. The monoisotopic (exact) mass is 229 g/mol. The molecule has 98 valence electrons. The van der Waals surface area contributed by atoms with Crippen LogP contribution >= 0.6 is 0 Å². The summed E-state index contributed by atoms with van der Waals surface area (Å²) < 4.78 is 5.06.